The fourth-order valence-corrected chi connectivity index (χ4v) is 7.44. The van der Waals surface area contributed by atoms with Gasteiger partial charge in [-0.15, -0.1) is 0 Å². The minimum Gasteiger partial charge on any atom is -0.457 e. The van der Waals surface area contributed by atoms with E-state index < -0.39 is 77.7 Å². The summed E-state index contributed by atoms with van der Waals surface area (Å²) in [6.07, 6.45) is 1.85. The number of hydrogen-bond donors (Lipinski definition) is 0. The number of cyclic esters (lactones) is 1. The molecule has 7 unspecified atom stereocenters. The molecule has 1 fully saturated rings. The summed E-state index contributed by atoms with van der Waals surface area (Å²) in [5, 5.41) is 0. The largest absolute Gasteiger partial charge is 0.457 e. The summed E-state index contributed by atoms with van der Waals surface area (Å²) in [6, 6.07) is 8.37. The van der Waals surface area contributed by atoms with E-state index in [1.54, 1.807) is 58.9 Å². The maximum absolute atomic E-state index is 14.2. The number of allylic oxidation sites excluding steroid dienone is 1. The van der Waals surface area contributed by atoms with Crippen LogP contribution in [0, 0.1) is 23.7 Å². The van der Waals surface area contributed by atoms with Crippen molar-refractivity contribution in [3.05, 3.63) is 66.3 Å². The predicted molar refractivity (Wildman–Crippen MR) is 195 cm³/mol. The van der Waals surface area contributed by atoms with Crippen molar-refractivity contribution >= 4 is 29.6 Å². The van der Waals surface area contributed by atoms with Gasteiger partial charge in [-0.2, -0.15) is 0 Å². The van der Waals surface area contributed by atoms with Crippen LogP contribution in [-0.2, 0) is 38.1 Å². The quantitative estimate of drug-likeness (QED) is 0.196. The topological polar surface area (TPSA) is 153 Å². The molecule has 53 heavy (non-hydrogen) atoms. The monoisotopic (exact) mass is 737 g/mol. The molecule has 0 amide bonds. The highest BCUT2D eigenvalue weighted by molar-refractivity contribution is 6.00. The molecule has 13 nitrogen and oxygen atoms in total. The third-order valence-corrected chi connectivity index (χ3v) is 10.4. The fraction of sp³-hybridized carbons (Fsp3) is 0.600. The number of aromatic nitrogens is 2. The minimum atomic E-state index is -1.56. The van der Waals surface area contributed by atoms with Crippen molar-refractivity contribution in [1.82, 2.24) is 14.5 Å². The molecule has 290 valence electrons. The highest BCUT2D eigenvalue weighted by Gasteiger charge is 2.47. The summed E-state index contributed by atoms with van der Waals surface area (Å²) < 4.78 is 32.2. The number of rotatable bonds is 7. The van der Waals surface area contributed by atoms with Crippen molar-refractivity contribution < 1.29 is 47.7 Å². The predicted octanol–water partition coefficient (Wildman–Crippen LogP) is 5.66. The molecule has 2 aliphatic rings. The molecule has 13 heteroatoms. The van der Waals surface area contributed by atoms with Gasteiger partial charge in [-0.1, -0.05) is 45.9 Å². The number of hydrogen-bond acceptors (Lipinski definition) is 12. The fourth-order valence-electron chi connectivity index (χ4n) is 7.44. The second kappa shape index (κ2) is 17.7. The van der Waals surface area contributed by atoms with Gasteiger partial charge < -0.3 is 28.6 Å². The highest BCUT2D eigenvalue weighted by atomic mass is 16.7. The van der Waals surface area contributed by atoms with E-state index in [4.69, 9.17) is 23.7 Å². The van der Waals surface area contributed by atoms with Gasteiger partial charge in [0.25, 0.3) is 0 Å². The van der Waals surface area contributed by atoms with Crippen LogP contribution in [0.15, 0.2) is 60.7 Å². The standard InChI is InChI=1S/C40H55N3O10/c1-11-31-40(8,53-39(48)43-18-17-41-22-43)21-25(4)32(44)23(2)19-24(3)34(27(6)33(45)28(7)36(46)50-31)52-38-35(30(42(9)10)20-26(5)49-38)51-37(47)29-15-13-12-14-16-29/h12-18,21-24,26-28,30-31,34-35,38H,11,19-20H2,1-10H3/b25-21+/t23-,24?,26?,27?,28?,30?,31?,34+,35-,38?,40+/m1/s1. The maximum Gasteiger partial charge on any atom is 0.420 e. The van der Waals surface area contributed by atoms with Crippen LogP contribution in [0.5, 0.6) is 0 Å². The van der Waals surface area contributed by atoms with Crippen molar-refractivity contribution in [3.63, 3.8) is 0 Å². The molecular formula is C40H55N3O10. The van der Waals surface area contributed by atoms with Gasteiger partial charge in [0.15, 0.2) is 29.6 Å². The first-order chi connectivity index (χ1) is 25.0. The molecule has 1 aromatic heterocycles. The molecule has 3 heterocycles. The Morgan fingerprint density at radius 2 is 1.70 bits per heavy atom. The van der Waals surface area contributed by atoms with Crippen molar-refractivity contribution in [3.8, 4) is 0 Å². The van der Waals surface area contributed by atoms with Crippen LogP contribution >= 0.6 is 0 Å². The minimum absolute atomic E-state index is 0.208. The Morgan fingerprint density at radius 3 is 2.30 bits per heavy atom. The molecular weight excluding hydrogens is 682 g/mol. The van der Waals surface area contributed by atoms with Crippen LogP contribution in [0.3, 0.4) is 0 Å². The number of nitrogens with zero attached hydrogens (tertiary/aromatic N) is 3. The zero-order valence-electron chi connectivity index (χ0n) is 32.5. The van der Waals surface area contributed by atoms with Crippen LogP contribution < -0.4 is 0 Å². The third kappa shape index (κ3) is 9.87. The zero-order valence-corrected chi connectivity index (χ0v) is 32.5. The van der Waals surface area contributed by atoms with Crippen LogP contribution in [0.2, 0.25) is 0 Å². The number of likely N-dealkylation sites (N-methyl/N-ethyl adjacent to an activating group) is 1. The van der Waals surface area contributed by atoms with E-state index in [1.165, 1.54) is 31.7 Å². The van der Waals surface area contributed by atoms with Crippen LogP contribution in [0.25, 0.3) is 0 Å². The normalized spacial score (nSPS) is 34.4. The third-order valence-electron chi connectivity index (χ3n) is 10.4. The lowest BCUT2D eigenvalue weighted by molar-refractivity contribution is -0.277. The summed E-state index contributed by atoms with van der Waals surface area (Å²) in [5.74, 6) is -5.04. The number of imidazole rings is 1. The average molecular weight is 738 g/mol. The number of Topliss-reactive ketones (excluding diaryl/α,β-unsaturated/α-hetero) is 2. The van der Waals surface area contributed by atoms with Crippen molar-refractivity contribution in [2.24, 2.45) is 23.7 Å². The van der Waals surface area contributed by atoms with E-state index in [9.17, 15) is 24.0 Å². The van der Waals surface area contributed by atoms with Gasteiger partial charge in [0.1, 0.15) is 18.3 Å². The molecule has 1 saturated heterocycles. The number of ketones is 2. The van der Waals surface area contributed by atoms with Gasteiger partial charge in [-0.3, -0.25) is 14.4 Å². The smallest absolute Gasteiger partial charge is 0.420 e. The van der Waals surface area contributed by atoms with Crippen molar-refractivity contribution in [2.75, 3.05) is 14.1 Å². The molecule has 2 aromatic rings. The summed E-state index contributed by atoms with van der Waals surface area (Å²) in [7, 11) is 3.78. The first kappa shape index (κ1) is 41.6. The lowest BCUT2D eigenvalue weighted by Gasteiger charge is -2.45. The molecule has 1 aromatic carbocycles. The Labute approximate surface area is 312 Å². The molecule has 0 N–H and O–H groups in total. The summed E-state index contributed by atoms with van der Waals surface area (Å²) in [6.45, 7) is 13.7. The van der Waals surface area contributed by atoms with Crippen LogP contribution in [0.1, 0.15) is 85.0 Å². The lowest BCUT2D eigenvalue weighted by Crippen LogP contribution is -2.57. The molecule has 0 radical (unpaired) electrons. The van der Waals surface area contributed by atoms with E-state index in [0.29, 0.717) is 24.0 Å². The van der Waals surface area contributed by atoms with E-state index in [1.807, 2.05) is 38.9 Å². The Bertz CT molecular complexity index is 1630. The number of carbonyl (C=O) groups is 5. The van der Waals surface area contributed by atoms with Gasteiger partial charge in [0, 0.05) is 24.2 Å². The Hall–Kier alpha value is -4.20. The Balaban J connectivity index is 1.71. The molecule has 0 aliphatic carbocycles. The van der Waals surface area contributed by atoms with Gasteiger partial charge in [0.2, 0.25) is 0 Å². The van der Waals surface area contributed by atoms with Gasteiger partial charge in [-0.25, -0.2) is 19.1 Å². The number of carbonyl (C=O) groups excluding carboxylic acids is 5. The second-order valence-corrected chi connectivity index (χ2v) is 15.0. The first-order valence-electron chi connectivity index (χ1n) is 18.4. The van der Waals surface area contributed by atoms with E-state index >= 15 is 0 Å². The Morgan fingerprint density at radius 1 is 1.02 bits per heavy atom. The molecule has 4 rings (SSSR count). The van der Waals surface area contributed by atoms with Gasteiger partial charge in [-0.05, 0) is 90.8 Å². The second-order valence-electron chi connectivity index (χ2n) is 15.0. The van der Waals surface area contributed by atoms with Gasteiger partial charge in [0.05, 0.1) is 23.8 Å². The van der Waals surface area contributed by atoms with Crippen molar-refractivity contribution in [2.45, 2.75) is 117 Å². The zero-order chi connectivity index (χ0) is 39.2. The highest BCUT2D eigenvalue weighted by Crippen LogP contribution is 2.35. The van der Waals surface area contributed by atoms with E-state index in [2.05, 4.69) is 4.98 Å². The maximum atomic E-state index is 14.2. The first-order valence-corrected chi connectivity index (χ1v) is 18.4. The van der Waals surface area contributed by atoms with E-state index in [-0.39, 0.29) is 24.3 Å². The molecule has 11 atom stereocenters. The lowest BCUT2D eigenvalue weighted by atomic mass is 9.79. The van der Waals surface area contributed by atoms with Crippen molar-refractivity contribution in [1.29, 1.82) is 0 Å². The number of benzene rings is 1. The van der Waals surface area contributed by atoms with Crippen LogP contribution in [-0.4, -0.2) is 100 Å². The number of esters is 2. The summed E-state index contributed by atoms with van der Waals surface area (Å²) in [5.41, 5.74) is -0.873. The molecule has 0 bridgehead atoms. The molecule has 0 saturated carbocycles. The van der Waals surface area contributed by atoms with Crippen LogP contribution in [0.4, 0.5) is 4.79 Å². The van der Waals surface area contributed by atoms with Gasteiger partial charge >= 0.3 is 18.0 Å². The summed E-state index contributed by atoms with van der Waals surface area (Å²) >= 11 is 0. The van der Waals surface area contributed by atoms with E-state index in [0.717, 1.165) is 4.57 Å². The molecule has 0 spiro atoms. The number of ether oxygens (including phenoxy) is 5. The average Bonchev–Trinajstić information content (AvgIpc) is 3.67. The molecule has 2 aliphatic heterocycles. The SMILES string of the molecule is CCC1OC(=O)C(C)C(=O)C(C)[C@@H](OC2OC(C)CC(N(C)C)[C@H]2OC(=O)c2ccccc2)C(C)C[C@@H](C)C(=O)/C(C)=C/[C@]1(C)OC(=O)n1ccnc1. The Kier molecular flexibility index (Phi) is 13.9. The summed E-state index contributed by atoms with van der Waals surface area (Å²) in [4.78, 5) is 74.3.